The van der Waals surface area contributed by atoms with E-state index in [4.69, 9.17) is 5.11 Å². The molecule has 1 N–H and O–H groups in total. The summed E-state index contributed by atoms with van der Waals surface area (Å²) in [5.74, 6) is -0.810. The van der Waals surface area contributed by atoms with Crippen LogP contribution in [0, 0.1) is 0 Å². The summed E-state index contributed by atoms with van der Waals surface area (Å²) in [5, 5.41) is 11.8. The van der Waals surface area contributed by atoms with Gasteiger partial charge in [0.25, 0.3) is 0 Å². The van der Waals surface area contributed by atoms with Gasteiger partial charge in [-0.25, -0.2) is 4.98 Å². The fraction of sp³-hybridized carbons (Fsp3) is 0.0667. The van der Waals surface area contributed by atoms with E-state index in [1.807, 2.05) is 41.8 Å². The Morgan fingerprint density at radius 2 is 2.05 bits per heavy atom. The molecule has 1 aromatic carbocycles. The van der Waals surface area contributed by atoms with Crippen LogP contribution in [0.1, 0.15) is 4.88 Å². The molecule has 0 aliphatic rings. The molecule has 0 spiro atoms. The van der Waals surface area contributed by atoms with Crippen LogP contribution in [-0.4, -0.2) is 16.1 Å². The Balaban J connectivity index is 1.90. The number of halogens is 1. The number of thiophene rings is 1. The molecule has 3 nitrogen and oxygen atoms in total. The highest BCUT2D eigenvalue weighted by Crippen LogP contribution is 2.35. The number of nitrogens with zero attached hydrogens (tertiary/aromatic N) is 1. The number of aliphatic carboxylic acids is 1. The van der Waals surface area contributed by atoms with Gasteiger partial charge in [0.2, 0.25) is 0 Å². The lowest BCUT2D eigenvalue weighted by Gasteiger charge is -1.98. The number of carboxylic acids is 1. The molecule has 0 fully saturated rings. The summed E-state index contributed by atoms with van der Waals surface area (Å²) in [6.07, 6.45) is 0.0614. The highest BCUT2D eigenvalue weighted by Gasteiger charge is 2.11. The minimum atomic E-state index is -0.810. The molecule has 21 heavy (non-hydrogen) atoms. The monoisotopic (exact) mass is 379 g/mol. The number of thiazole rings is 1. The van der Waals surface area contributed by atoms with Gasteiger partial charge in [0.1, 0.15) is 5.01 Å². The molecule has 6 heteroatoms. The molecule has 2 aromatic heterocycles. The van der Waals surface area contributed by atoms with E-state index in [0.29, 0.717) is 0 Å². The van der Waals surface area contributed by atoms with Gasteiger partial charge in [0.15, 0.2) is 0 Å². The van der Waals surface area contributed by atoms with E-state index in [1.54, 1.807) is 11.3 Å². The Morgan fingerprint density at radius 1 is 1.24 bits per heavy atom. The third-order valence-electron chi connectivity index (χ3n) is 2.85. The molecule has 106 valence electrons. The molecular formula is C15H10BrNO2S2. The van der Waals surface area contributed by atoms with Crippen molar-refractivity contribution in [1.29, 1.82) is 0 Å². The zero-order valence-electron chi connectivity index (χ0n) is 10.7. The molecule has 0 aliphatic heterocycles. The number of benzene rings is 1. The zero-order valence-corrected chi connectivity index (χ0v) is 14.0. The van der Waals surface area contributed by atoms with Crippen molar-refractivity contribution < 1.29 is 9.90 Å². The first kappa shape index (κ1) is 14.4. The standard InChI is InChI=1S/C15H10BrNO2S2/c16-11-4-2-1-3-10(11)15-17-12(8-20-15)13-6-5-9(21-13)7-14(18)19/h1-6,8H,7H2,(H,18,19). The van der Waals surface area contributed by atoms with E-state index in [9.17, 15) is 4.79 Å². The van der Waals surface area contributed by atoms with Gasteiger partial charge < -0.3 is 5.11 Å². The van der Waals surface area contributed by atoms with Gasteiger partial charge in [0.05, 0.1) is 17.0 Å². The van der Waals surface area contributed by atoms with Crippen LogP contribution < -0.4 is 0 Å². The second-order valence-corrected chi connectivity index (χ2v) is 7.23. The summed E-state index contributed by atoms with van der Waals surface area (Å²) in [5.41, 5.74) is 1.96. The lowest BCUT2D eigenvalue weighted by Crippen LogP contribution is -1.96. The maximum Gasteiger partial charge on any atom is 0.308 e. The Hall–Kier alpha value is -1.50. The first-order valence-electron chi connectivity index (χ1n) is 6.15. The van der Waals surface area contributed by atoms with E-state index in [2.05, 4.69) is 20.9 Å². The molecule has 0 atom stereocenters. The molecule has 0 saturated heterocycles. The molecule has 2 heterocycles. The van der Waals surface area contributed by atoms with E-state index in [1.165, 1.54) is 11.3 Å². The van der Waals surface area contributed by atoms with Gasteiger partial charge >= 0.3 is 5.97 Å². The lowest BCUT2D eigenvalue weighted by atomic mass is 10.2. The largest absolute Gasteiger partial charge is 0.481 e. The van der Waals surface area contributed by atoms with E-state index >= 15 is 0 Å². The molecule has 0 amide bonds. The zero-order chi connectivity index (χ0) is 14.8. The predicted molar refractivity (Wildman–Crippen MR) is 89.9 cm³/mol. The van der Waals surface area contributed by atoms with Crippen LogP contribution in [0.25, 0.3) is 21.1 Å². The third kappa shape index (κ3) is 3.23. The van der Waals surface area contributed by atoms with Crippen LogP contribution in [0.15, 0.2) is 46.3 Å². The summed E-state index contributed by atoms with van der Waals surface area (Å²) in [4.78, 5) is 17.2. The number of hydrogen-bond acceptors (Lipinski definition) is 4. The van der Waals surface area contributed by atoms with Crippen molar-refractivity contribution in [3.05, 3.63) is 51.1 Å². The van der Waals surface area contributed by atoms with Crippen LogP contribution in [0.3, 0.4) is 0 Å². The van der Waals surface area contributed by atoms with Gasteiger partial charge in [0, 0.05) is 20.3 Å². The molecule has 3 rings (SSSR count). The highest BCUT2D eigenvalue weighted by molar-refractivity contribution is 9.10. The van der Waals surface area contributed by atoms with Gasteiger partial charge in [-0.1, -0.05) is 34.1 Å². The topological polar surface area (TPSA) is 50.2 Å². The van der Waals surface area contributed by atoms with Crippen LogP contribution >= 0.6 is 38.6 Å². The first-order chi connectivity index (χ1) is 10.1. The molecule has 3 aromatic rings. The maximum absolute atomic E-state index is 10.7. The third-order valence-corrected chi connectivity index (χ3v) is 5.52. The molecule has 0 saturated carbocycles. The molecule has 0 bridgehead atoms. The highest BCUT2D eigenvalue weighted by atomic mass is 79.9. The minimum Gasteiger partial charge on any atom is -0.481 e. The van der Waals surface area contributed by atoms with E-state index in [0.717, 1.165) is 30.5 Å². The van der Waals surface area contributed by atoms with E-state index in [-0.39, 0.29) is 6.42 Å². The minimum absolute atomic E-state index is 0.0614. The average molecular weight is 380 g/mol. The second-order valence-electron chi connectivity index (χ2n) is 4.35. The van der Waals surface area contributed by atoms with Crippen molar-refractivity contribution in [1.82, 2.24) is 4.98 Å². The molecular weight excluding hydrogens is 370 g/mol. The lowest BCUT2D eigenvalue weighted by molar-refractivity contribution is -0.136. The van der Waals surface area contributed by atoms with Crippen molar-refractivity contribution in [3.8, 4) is 21.1 Å². The Labute approximate surface area is 138 Å². The fourth-order valence-electron chi connectivity index (χ4n) is 1.90. The van der Waals surface area contributed by atoms with Gasteiger partial charge in [-0.3, -0.25) is 4.79 Å². The second kappa shape index (κ2) is 6.09. The number of rotatable bonds is 4. The van der Waals surface area contributed by atoms with Crippen LogP contribution in [0.5, 0.6) is 0 Å². The Kier molecular flexibility index (Phi) is 4.19. The maximum atomic E-state index is 10.7. The number of carboxylic acid groups (broad SMARTS) is 1. The molecule has 0 aliphatic carbocycles. The van der Waals surface area contributed by atoms with Crippen LogP contribution in [-0.2, 0) is 11.2 Å². The van der Waals surface area contributed by atoms with Crippen molar-refractivity contribution in [3.63, 3.8) is 0 Å². The first-order valence-corrected chi connectivity index (χ1v) is 8.63. The smallest absolute Gasteiger partial charge is 0.308 e. The van der Waals surface area contributed by atoms with E-state index < -0.39 is 5.97 Å². The summed E-state index contributed by atoms with van der Waals surface area (Å²) < 4.78 is 1.02. The van der Waals surface area contributed by atoms with Gasteiger partial charge in [-0.2, -0.15) is 0 Å². The number of hydrogen-bond donors (Lipinski definition) is 1. The summed E-state index contributed by atoms with van der Waals surface area (Å²) in [6, 6.07) is 11.8. The van der Waals surface area contributed by atoms with Gasteiger partial charge in [-0.05, 0) is 18.2 Å². The predicted octanol–water partition coefficient (Wildman–Crippen LogP) is 4.93. The number of aromatic nitrogens is 1. The van der Waals surface area contributed by atoms with Crippen LogP contribution in [0.2, 0.25) is 0 Å². The average Bonchev–Trinajstić information content (AvgIpc) is 3.07. The van der Waals surface area contributed by atoms with Crippen molar-refractivity contribution in [2.75, 3.05) is 0 Å². The van der Waals surface area contributed by atoms with Crippen molar-refractivity contribution in [2.45, 2.75) is 6.42 Å². The summed E-state index contributed by atoms with van der Waals surface area (Å²) in [6.45, 7) is 0. The van der Waals surface area contributed by atoms with Crippen LogP contribution in [0.4, 0.5) is 0 Å². The fourth-order valence-corrected chi connectivity index (χ4v) is 4.40. The SMILES string of the molecule is O=C(O)Cc1ccc(-c2csc(-c3ccccc3Br)n2)s1. The summed E-state index contributed by atoms with van der Waals surface area (Å²) in [7, 11) is 0. The van der Waals surface area contributed by atoms with Crippen molar-refractivity contribution in [2.24, 2.45) is 0 Å². The van der Waals surface area contributed by atoms with Gasteiger partial charge in [-0.15, -0.1) is 22.7 Å². The molecule has 0 radical (unpaired) electrons. The quantitative estimate of drug-likeness (QED) is 0.698. The Bertz CT molecular complexity index is 794. The molecule has 0 unspecified atom stereocenters. The van der Waals surface area contributed by atoms with Crippen molar-refractivity contribution >= 4 is 44.6 Å². The summed E-state index contributed by atoms with van der Waals surface area (Å²) >= 11 is 6.60. The normalized spacial score (nSPS) is 10.7. The Morgan fingerprint density at radius 3 is 2.81 bits per heavy atom. The number of carbonyl (C=O) groups is 1.